The SMILES string of the molecule is Fc1cc(Br)cc(Cl)c1OCc1ccccc1. The van der Waals surface area contributed by atoms with Gasteiger partial charge >= 0.3 is 0 Å². The molecule has 2 aromatic rings. The van der Waals surface area contributed by atoms with Gasteiger partial charge in [0.2, 0.25) is 0 Å². The standard InChI is InChI=1S/C13H9BrClFO/c14-10-6-11(15)13(12(16)7-10)17-8-9-4-2-1-3-5-9/h1-7H,8H2. The number of ether oxygens (including phenoxy) is 1. The third-order valence-electron chi connectivity index (χ3n) is 2.19. The molecule has 0 heterocycles. The molecule has 0 aliphatic carbocycles. The number of hydrogen-bond acceptors (Lipinski definition) is 1. The van der Waals surface area contributed by atoms with Gasteiger partial charge < -0.3 is 4.74 Å². The molecular formula is C13H9BrClFO. The van der Waals surface area contributed by atoms with Crippen molar-refractivity contribution in [2.75, 3.05) is 0 Å². The maximum absolute atomic E-state index is 13.6. The Hall–Kier alpha value is -1.06. The first-order valence-electron chi connectivity index (χ1n) is 4.98. The van der Waals surface area contributed by atoms with E-state index in [9.17, 15) is 4.39 Å². The molecule has 0 bridgehead atoms. The lowest BCUT2D eigenvalue weighted by Gasteiger charge is -2.09. The summed E-state index contributed by atoms with van der Waals surface area (Å²) in [6, 6.07) is 12.5. The molecule has 2 aromatic carbocycles. The number of halogens is 3. The van der Waals surface area contributed by atoms with E-state index < -0.39 is 5.82 Å². The highest BCUT2D eigenvalue weighted by Crippen LogP contribution is 2.31. The average molecular weight is 316 g/mol. The molecule has 0 spiro atoms. The second-order valence-electron chi connectivity index (χ2n) is 3.47. The first-order valence-corrected chi connectivity index (χ1v) is 6.15. The van der Waals surface area contributed by atoms with E-state index in [1.165, 1.54) is 6.07 Å². The summed E-state index contributed by atoms with van der Waals surface area (Å²) in [6.45, 7) is 0.291. The Morgan fingerprint density at radius 3 is 2.53 bits per heavy atom. The van der Waals surface area contributed by atoms with E-state index in [1.54, 1.807) is 6.07 Å². The Kier molecular flexibility index (Phi) is 4.02. The van der Waals surface area contributed by atoms with E-state index in [2.05, 4.69) is 15.9 Å². The average Bonchev–Trinajstić information content (AvgIpc) is 2.29. The first-order chi connectivity index (χ1) is 8.16. The van der Waals surface area contributed by atoms with Crippen LogP contribution in [0.25, 0.3) is 0 Å². The summed E-state index contributed by atoms with van der Waals surface area (Å²) in [5.74, 6) is -0.390. The van der Waals surface area contributed by atoms with Crippen molar-refractivity contribution in [1.82, 2.24) is 0 Å². The number of benzene rings is 2. The molecule has 0 saturated carbocycles. The van der Waals surface area contributed by atoms with Gasteiger partial charge in [0.1, 0.15) is 6.61 Å². The van der Waals surface area contributed by atoms with E-state index in [4.69, 9.17) is 16.3 Å². The van der Waals surface area contributed by atoms with Crippen molar-refractivity contribution in [1.29, 1.82) is 0 Å². The molecular weight excluding hydrogens is 306 g/mol. The van der Waals surface area contributed by atoms with Crippen LogP contribution >= 0.6 is 27.5 Å². The van der Waals surface area contributed by atoms with Gasteiger partial charge in [0, 0.05) is 4.47 Å². The zero-order chi connectivity index (χ0) is 12.3. The van der Waals surface area contributed by atoms with Gasteiger partial charge in [-0.1, -0.05) is 57.9 Å². The monoisotopic (exact) mass is 314 g/mol. The summed E-state index contributed by atoms with van der Waals surface area (Å²) in [7, 11) is 0. The first kappa shape index (κ1) is 12.4. The summed E-state index contributed by atoms with van der Waals surface area (Å²) in [4.78, 5) is 0. The lowest BCUT2D eigenvalue weighted by atomic mass is 10.2. The van der Waals surface area contributed by atoms with Crippen LogP contribution in [0.2, 0.25) is 5.02 Å². The Balaban J connectivity index is 2.15. The van der Waals surface area contributed by atoms with Gasteiger partial charge in [-0.15, -0.1) is 0 Å². The third kappa shape index (κ3) is 3.20. The van der Waals surface area contributed by atoms with Crippen LogP contribution in [0.3, 0.4) is 0 Å². The fourth-order valence-corrected chi connectivity index (χ4v) is 2.22. The largest absolute Gasteiger partial charge is 0.484 e. The second-order valence-corrected chi connectivity index (χ2v) is 4.80. The van der Waals surface area contributed by atoms with Crippen LogP contribution in [-0.4, -0.2) is 0 Å². The predicted octanol–water partition coefficient (Wildman–Crippen LogP) is 4.82. The number of rotatable bonds is 3. The fraction of sp³-hybridized carbons (Fsp3) is 0.0769. The van der Waals surface area contributed by atoms with E-state index in [1.807, 2.05) is 30.3 Å². The highest BCUT2D eigenvalue weighted by atomic mass is 79.9. The van der Waals surface area contributed by atoms with Crippen LogP contribution < -0.4 is 4.74 Å². The lowest BCUT2D eigenvalue weighted by molar-refractivity contribution is 0.290. The maximum Gasteiger partial charge on any atom is 0.174 e. The van der Waals surface area contributed by atoms with Crippen molar-refractivity contribution < 1.29 is 9.13 Å². The van der Waals surface area contributed by atoms with Gasteiger partial charge in [0.05, 0.1) is 5.02 Å². The van der Waals surface area contributed by atoms with E-state index >= 15 is 0 Å². The van der Waals surface area contributed by atoms with Gasteiger partial charge in [-0.2, -0.15) is 0 Å². The Morgan fingerprint density at radius 1 is 1.18 bits per heavy atom. The molecule has 0 aliphatic heterocycles. The van der Waals surface area contributed by atoms with Crippen molar-refractivity contribution in [3.63, 3.8) is 0 Å². The third-order valence-corrected chi connectivity index (χ3v) is 2.93. The van der Waals surface area contributed by atoms with Crippen molar-refractivity contribution >= 4 is 27.5 Å². The quantitative estimate of drug-likeness (QED) is 0.789. The summed E-state index contributed by atoms with van der Waals surface area (Å²) in [5.41, 5.74) is 0.964. The van der Waals surface area contributed by atoms with Crippen molar-refractivity contribution in [3.05, 3.63) is 63.3 Å². The molecule has 0 amide bonds. The van der Waals surface area contributed by atoms with E-state index in [-0.39, 0.29) is 10.8 Å². The van der Waals surface area contributed by atoms with Crippen LogP contribution in [0.15, 0.2) is 46.9 Å². The molecule has 4 heteroatoms. The van der Waals surface area contributed by atoms with E-state index in [0.29, 0.717) is 11.1 Å². The Bertz CT molecular complexity index is 493. The summed E-state index contributed by atoms with van der Waals surface area (Å²) >= 11 is 9.07. The van der Waals surface area contributed by atoms with Crippen LogP contribution in [0.5, 0.6) is 5.75 Å². The zero-order valence-electron chi connectivity index (χ0n) is 8.79. The molecule has 0 radical (unpaired) electrons. The predicted molar refractivity (Wildman–Crippen MR) is 69.9 cm³/mol. The highest BCUT2D eigenvalue weighted by molar-refractivity contribution is 9.10. The van der Waals surface area contributed by atoms with E-state index in [0.717, 1.165) is 5.56 Å². The van der Waals surface area contributed by atoms with Gasteiger partial charge in [-0.05, 0) is 17.7 Å². The molecule has 0 N–H and O–H groups in total. The number of hydrogen-bond donors (Lipinski definition) is 0. The van der Waals surface area contributed by atoms with Crippen molar-refractivity contribution in [2.45, 2.75) is 6.61 Å². The molecule has 0 atom stereocenters. The summed E-state index contributed by atoms with van der Waals surface area (Å²) < 4.78 is 19.5. The minimum atomic E-state index is -0.472. The Labute approximate surface area is 112 Å². The molecule has 88 valence electrons. The minimum absolute atomic E-state index is 0.0821. The minimum Gasteiger partial charge on any atom is -0.484 e. The lowest BCUT2D eigenvalue weighted by Crippen LogP contribution is -1.98. The highest BCUT2D eigenvalue weighted by Gasteiger charge is 2.10. The van der Waals surface area contributed by atoms with Crippen LogP contribution in [0.4, 0.5) is 4.39 Å². The van der Waals surface area contributed by atoms with Gasteiger partial charge in [0.15, 0.2) is 11.6 Å². The van der Waals surface area contributed by atoms with Crippen LogP contribution in [-0.2, 0) is 6.61 Å². The van der Waals surface area contributed by atoms with Gasteiger partial charge in [-0.25, -0.2) is 4.39 Å². The topological polar surface area (TPSA) is 9.23 Å². The molecule has 17 heavy (non-hydrogen) atoms. The molecule has 1 nitrogen and oxygen atoms in total. The molecule has 2 rings (SSSR count). The van der Waals surface area contributed by atoms with Gasteiger partial charge in [0.25, 0.3) is 0 Å². The molecule has 0 aromatic heterocycles. The van der Waals surface area contributed by atoms with Gasteiger partial charge in [-0.3, -0.25) is 0 Å². The molecule has 0 saturated heterocycles. The van der Waals surface area contributed by atoms with Crippen molar-refractivity contribution in [2.24, 2.45) is 0 Å². The maximum atomic E-state index is 13.6. The summed E-state index contributed by atoms with van der Waals surface area (Å²) in [5, 5.41) is 0.257. The van der Waals surface area contributed by atoms with Crippen LogP contribution in [0.1, 0.15) is 5.56 Å². The second kappa shape index (κ2) is 5.52. The Morgan fingerprint density at radius 2 is 1.88 bits per heavy atom. The summed E-state index contributed by atoms with van der Waals surface area (Å²) in [6.07, 6.45) is 0. The molecule has 0 unspecified atom stereocenters. The normalized spacial score (nSPS) is 10.3. The van der Waals surface area contributed by atoms with Crippen molar-refractivity contribution in [3.8, 4) is 5.75 Å². The van der Waals surface area contributed by atoms with Crippen LogP contribution in [0, 0.1) is 5.82 Å². The zero-order valence-corrected chi connectivity index (χ0v) is 11.1. The molecule has 0 aliphatic rings. The fourth-order valence-electron chi connectivity index (χ4n) is 1.40. The molecule has 0 fully saturated rings. The smallest absolute Gasteiger partial charge is 0.174 e.